The van der Waals surface area contributed by atoms with Gasteiger partial charge in [-0.15, -0.1) is 0 Å². The second-order valence-electron chi connectivity index (χ2n) is 5.07. The number of hydrogen-bond donors (Lipinski definition) is 1. The molecule has 0 aromatic heterocycles. The van der Waals surface area contributed by atoms with Crippen molar-refractivity contribution < 1.29 is 9.84 Å². The number of rotatable bonds is 1. The lowest BCUT2D eigenvalue weighted by molar-refractivity contribution is 0.0657. The van der Waals surface area contributed by atoms with Gasteiger partial charge in [-0.25, -0.2) is 0 Å². The maximum atomic E-state index is 10.3. The van der Waals surface area contributed by atoms with Crippen molar-refractivity contribution in [2.24, 2.45) is 0 Å². The molecule has 1 unspecified atom stereocenters. The minimum atomic E-state index is -0.530. The lowest BCUT2D eigenvalue weighted by Crippen LogP contribution is -2.19. The van der Waals surface area contributed by atoms with Crippen LogP contribution in [0.1, 0.15) is 35.3 Å². The minimum Gasteiger partial charge on any atom is -0.485 e. The molecule has 0 bridgehead atoms. The van der Waals surface area contributed by atoms with Crippen molar-refractivity contribution in [3.63, 3.8) is 0 Å². The number of aliphatic hydroxyl groups is 1. The Bertz CT molecular complexity index is 655. The maximum absolute atomic E-state index is 10.3. The van der Waals surface area contributed by atoms with Crippen LogP contribution in [-0.2, 0) is 0 Å². The van der Waals surface area contributed by atoms with Crippen LogP contribution in [0.2, 0.25) is 10.0 Å². The molecule has 20 heavy (non-hydrogen) atoms. The van der Waals surface area contributed by atoms with Gasteiger partial charge in [-0.2, -0.15) is 0 Å². The zero-order valence-corrected chi connectivity index (χ0v) is 12.4. The van der Waals surface area contributed by atoms with E-state index in [9.17, 15) is 5.11 Å². The van der Waals surface area contributed by atoms with E-state index >= 15 is 0 Å². The van der Waals surface area contributed by atoms with E-state index in [0.717, 1.165) is 22.4 Å². The van der Waals surface area contributed by atoms with Crippen molar-refractivity contribution >= 4 is 23.2 Å². The number of hydrogen-bond acceptors (Lipinski definition) is 2. The molecule has 3 rings (SSSR count). The molecule has 0 amide bonds. The van der Waals surface area contributed by atoms with Gasteiger partial charge in [-0.05, 0) is 36.8 Å². The summed E-state index contributed by atoms with van der Waals surface area (Å²) in [6, 6.07) is 11.3. The van der Waals surface area contributed by atoms with Crippen LogP contribution < -0.4 is 4.74 Å². The SMILES string of the molecule is Cc1ccc2c(c1)[C@@H](O)CC(c1ccc(Cl)c(Cl)c1)O2. The quantitative estimate of drug-likeness (QED) is 0.815. The highest BCUT2D eigenvalue weighted by Crippen LogP contribution is 2.41. The summed E-state index contributed by atoms with van der Waals surface area (Å²) in [4.78, 5) is 0. The third-order valence-electron chi connectivity index (χ3n) is 3.55. The van der Waals surface area contributed by atoms with Crippen LogP contribution in [0.3, 0.4) is 0 Å². The molecular weight excluding hydrogens is 295 g/mol. The van der Waals surface area contributed by atoms with Gasteiger partial charge in [0.05, 0.1) is 16.1 Å². The maximum Gasteiger partial charge on any atom is 0.127 e. The molecule has 2 aromatic carbocycles. The van der Waals surface area contributed by atoms with Gasteiger partial charge in [0.15, 0.2) is 0 Å². The van der Waals surface area contributed by atoms with Crippen LogP contribution in [0, 0.1) is 6.92 Å². The Morgan fingerprint density at radius 1 is 1.10 bits per heavy atom. The highest BCUT2D eigenvalue weighted by Gasteiger charge is 2.28. The molecule has 2 aromatic rings. The number of benzene rings is 2. The summed E-state index contributed by atoms with van der Waals surface area (Å²) in [5.41, 5.74) is 2.88. The smallest absolute Gasteiger partial charge is 0.127 e. The van der Waals surface area contributed by atoms with Crippen LogP contribution in [-0.4, -0.2) is 5.11 Å². The fourth-order valence-corrected chi connectivity index (χ4v) is 2.79. The number of halogens is 2. The van der Waals surface area contributed by atoms with Gasteiger partial charge in [0.1, 0.15) is 11.9 Å². The first-order chi connectivity index (χ1) is 9.54. The third kappa shape index (κ3) is 2.51. The molecule has 0 aliphatic carbocycles. The Kier molecular flexibility index (Phi) is 3.63. The van der Waals surface area contributed by atoms with Crippen LogP contribution in [0.15, 0.2) is 36.4 Å². The van der Waals surface area contributed by atoms with Crippen LogP contribution >= 0.6 is 23.2 Å². The average Bonchev–Trinajstić information content (AvgIpc) is 2.42. The Hall–Kier alpha value is -1.22. The molecule has 0 fully saturated rings. The van der Waals surface area contributed by atoms with Crippen molar-refractivity contribution in [1.29, 1.82) is 0 Å². The second kappa shape index (κ2) is 5.28. The number of ether oxygens (including phenoxy) is 1. The lowest BCUT2D eigenvalue weighted by atomic mass is 9.94. The van der Waals surface area contributed by atoms with Gasteiger partial charge >= 0.3 is 0 Å². The number of fused-ring (bicyclic) bond motifs is 1. The molecule has 0 saturated carbocycles. The first kappa shape index (κ1) is 13.7. The summed E-state index contributed by atoms with van der Waals surface area (Å²) in [5.74, 6) is 0.727. The zero-order valence-electron chi connectivity index (χ0n) is 10.9. The van der Waals surface area contributed by atoms with E-state index in [1.54, 1.807) is 12.1 Å². The lowest BCUT2D eigenvalue weighted by Gasteiger charge is -2.30. The fourth-order valence-electron chi connectivity index (χ4n) is 2.48. The van der Waals surface area contributed by atoms with E-state index in [1.807, 2.05) is 31.2 Å². The van der Waals surface area contributed by atoms with Gasteiger partial charge in [0.2, 0.25) is 0 Å². The summed E-state index contributed by atoms with van der Waals surface area (Å²) in [5, 5.41) is 11.3. The van der Waals surface area contributed by atoms with E-state index in [2.05, 4.69) is 0 Å². The molecule has 1 aliphatic rings. The molecule has 0 spiro atoms. The van der Waals surface area contributed by atoms with Gasteiger partial charge in [-0.1, -0.05) is 40.9 Å². The van der Waals surface area contributed by atoms with Crippen molar-refractivity contribution in [3.8, 4) is 5.75 Å². The van der Waals surface area contributed by atoms with Crippen LogP contribution in [0.4, 0.5) is 0 Å². The van der Waals surface area contributed by atoms with E-state index in [0.29, 0.717) is 16.5 Å². The largest absolute Gasteiger partial charge is 0.485 e. The van der Waals surface area contributed by atoms with Gasteiger partial charge in [0.25, 0.3) is 0 Å². The van der Waals surface area contributed by atoms with Crippen LogP contribution in [0.25, 0.3) is 0 Å². The summed E-state index contributed by atoms with van der Waals surface area (Å²) in [7, 11) is 0. The van der Waals surface area contributed by atoms with E-state index in [1.165, 1.54) is 0 Å². The Morgan fingerprint density at radius 2 is 1.90 bits per heavy atom. The Labute approximate surface area is 127 Å². The Morgan fingerprint density at radius 3 is 2.65 bits per heavy atom. The zero-order chi connectivity index (χ0) is 14.3. The molecule has 0 saturated heterocycles. The van der Waals surface area contributed by atoms with Crippen molar-refractivity contribution in [1.82, 2.24) is 0 Å². The standard InChI is InChI=1S/C16H14Cl2O2/c1-9-2-5-15-11(6-9)14(19)8-16(20-15)10-3-4-12(17)13(18)7-10/h2-7,14,16,19H,8H2,1H3/t14-,16?/m0/s1. The highest BCUT2D eigenvalue weighted by atomic mass is 35.5. The van der Waals surface area contributed by atoms with Crippen molar-refractivity contribution in [2.45, 2.75) is 25.6 Å². The normalized spacial score (nSPS) is 21.2. The molecule has 1 N–H and O–H groups in total. The molecule has 0 radical (unpaired) electrons. The van der Waals surface area contributed by atoms with Gasteiger partial charge in [0, 0.05) is 12.0 Å². The number of aryl methyl sites for hydroxylation is 1. The monoisotopic (exact) mass is 308 g/mol. The first-order valence-electron chi connectivity index (χ1n) is 6.45. The number of aliphatic hydroxyl groups excluding tert-OH is 1. The highest BCUT2D eigenvalue weighted by molar-refractivity contribution is 6.42. The molecule has 4 heteroatoms. The molecule has 2 atom stereocenters. The van der Waals surface area contributed by atoms with Crippen molar-refractivity contribution in [2.75, 3.05) is 0 Å². The first-order valence-corrected chi connectivity index (χ1v) is 7.20. The van der Waals surface area contributed by atoms with Crippen LogP contribution in [0.5, 0.6) is 5.75 Å². The predicted molar refractivity (Wildman–Crippen MR) is 80.6 cm³/mol. The van der Waals surface area contributed by atoms with Gasteiger partial charge in [-0.3, -0.25) is 0 Å². The predicted octanol–water partition coefficient (Wildman–Crippen LogP) is 4.86. The van der Waals surface area contributed by atoms with E-state index in [-0.39, 0.29) is 6.10 Å². The summed E-state index contributed by atoms with van der Waals surface area (Å²) in [6.07, 6.45) is -0.234. The second-order valence-corrected chi connectivity index (χ2v) is 5.89. The minimum absolute atomic E-state index is 0.213. The summed E-state index contributed by atoms with van der Waals surface area (Å²) >= 11 is 12.0. The van der Waals surface area contributed by atoms with E-state index < -0.39 is 6.10 Å². The third-order valence-corrected chi connectivity index (χ3v) is 4.29. The fraction of sp³-hybridized carbons (Fsp3) is 0.250. The van der Waals surface area contributed by atoms with Gasteiger partial charge < -0.3 is 9.84 Å². The summed E-state index contributed by atoms with van der Waals surface area (Å²) < 4.78 is 5.98. The van der Waals surface area contributed by atoms with E-state index in [4.69, 9.17) is 27.9 Å². The topological polar surface area (TPSA) is 29.5 Å². The molecular formula is C16H14Cl2O2. The summed E-state index contributed by atoms with van der Waals surface area (Å²) in [6.45, 7) is 2.00. The van der Waals surface area contributed by atoms with Crippen molar-refractivity contribution in [3.05, 3.63) is 63.1 Å². The molecule has 1 aliphatic heterocycles. The average molecular weight is 309 g/mol. The molecule has 1 heterocycles. The molecule has 104 valence electrons. The molecule has 2 nitrogen and oxygen atoms in total. The Balaban J connectivity index is 1.94.